The van der Waals surface area contributed by atoms with Crippen LogP contribution in [0.25, 0.3) is 22.5 Å². The van der Waals surface area contributed by atoms with Crippen molar-refractivity contribution in [2.75, 3.05) is 0 Å². The Balaban J connectivity index is 1.76. The summed E-state index contributed by atoms with van der Waals surface area (Å²) in [6.45, 7) is 0. The molecule has 4 aromatic rings. The molecule has 0 fully saturated rings. The van der Waals surface area contributed by atoms with Crippen LogP contribution >= 0.6 is 0 Å². The summed E-state index contributed by atoms with van der Waals surface area (Å²) >= 11 is 0. The first-order chi connectivity index (χ1) is 15.1. The first kappa shape index (κ1) is 19.6. The second kappa shape index (κ2) is 8.37. The van der Waals surface area contributed by atoms with Gasteiger partial charge in [-0.05, 0) is 6.07 Å². The number of nitro benzene ring substituents is 1. The van der Waals surface area contributed by atoms with Gasteiger partial charge in [0.25, 0.3) is 5.69 Å². The summed E-state index contributed by atoms with van der Waals surface area (Å²) in [6.07, 6.45) is 1.47. The Bertz CT molecular complexity index is 1230. The summed E-state index contributed by atoms with van der Waals surface area (Å²) in [4.78, 5) is 28.8. The number of phenolic OH excluding ortho intramolecular Hbond substituents is 1. The third-order valence-corrected chi connectivity index (χ3v) is 4.45. The van der Waals surface area contributed by atoms with Crippen LogP contribution in [0.1, 0.15) is 5.56 Å². The van der Waals surface area contributed by atoms with E-state index in [1.807, 2.05) is 60.7 Å². The number of aromatic hydroxyl groups is 1. The Kier molecular flexibility index (Phi) is 5.31. The molecule has 9 nitrogen and oxygen atoms in total. The predicted molar refractivity (Wildman–Crippen MR) is 113 cm³/mol. The Morgan fingerprint density at radius 3 is 2.23 bits per heavy atom. The van der Waals surface area contributed by atoms with Gasteiger partial charge in [0.1, 0.15) is 17.0 Å². The molecular formula is C22H14N5O4. The highest BCUT2D eigenvalue weighted by molar-refractivity contribution is 5.85. The minimum absolute atomic E-state index is 0.122. The highest BCUT2D eigenvalue weighted by Gasteiger charge is 2.19. The van der Waals surface area contributed by atoms with Crippen LogP contribution in [0, 0.1) is 10.1 Å². The first-order valence-corrected chi connectivity index (χ1v) is 9.09. The molecule has 0 spiro atoms. The number of nitrogens with one attached hydrogen (secondary N) is 1. The van der Waals surface area contributed by atoms with Crippen molar-refractivity contribution >= 4 is 23.6 Å². The zero-order chi connectivity index (χ0) is 21.8. The van der Waals surface area contributed by atoms with E-state index in [-0.39, 0.29) is 17.2 Å². The number of aromatic nitrogens is 2. The molecule has 31 heavy (non-hydrogen) atoms. The lowest BCUT2D eigenvalue weighted by Gasteiger charge is -2.02. The van der Waals surface area contributed by atoms with E-state index in [1.54, 1.807) is 0 Å². The lowest BCUT2D eigenvalue weighted by atomic mass is 10.1. The number of azo groups is 1. The van der Waals surface area contributed by atoms with E-state index in [2.05, 4.69) is 20.2 Å². The summed E-state index contributed by atoms with van der Waals surface area (Å²) in [5, 5.41) is 28.9. The number of hydrogen-bond donors (Lipinski definition) is 2. The maximum Gasteiger partial charge on any atom is 0.284 e. The molecule has 0 saturated carbocycles. The Morgan fingerprint density at radius 2 is 1.61 bits per heavy atom. The largest absolute Gasteiger partial charge is 0.505 e. The second-order valence-corrected chi connectivity index (χ2v) is 6.43. The van der Waals surface area contributed by atoms with E-state index in [4.69, 9.17) is 0 Å². The van der Waals surface area contributed by atoms with Gasteiger partial charge in [-0.3, -0.25) is 14.9 Å². The highest BCUT2D eigenvalue weighted by Crippen LogP contribution is 2.36. The number of rotatable bonds is 6. The first-order valence-electron chi connectivity index (χ1n) is 9.09. The molecule has 0 atom stereocenters. The molecule has 1 radical (unpaired) electrons. The minimum atomic E-state index is -0.786. The van der Waals surface area contributed by atoms with Crippen molar-refractivity contribution in [2.45, 2.75) is 0 Å². The number of phenols is 1. The van der Waals surface area contributed by atoms with Crippen molar-refractivity contribution in [3.8, 4) is 28.3 Å². The van der Waals surface area contributed by atoms with E-state index < -0.39 is 16.4 Å². The molecule has 151 valence electrons. The Hall–Kier alpha value is -4.66. The number of benzene rings is 3. The lowest BCUT2D eigenvalue weighted by molar-refractivity contribution is -0.385. The van der Waals surface area contributed by atoms with Gasteiger partial charge < -0.3 is 10.1 Å². The minimum Gasteiger partial charge on any atom is -0.505 e. The van der Waals surface area contributed by atoms with Crippen LogP contribution < -0.4 is 0 Å². The van der Waals surface area contributed by atoms with Gasteiger partial charge in [0.2, 0.25) is 12.2 Å². The van der Waals surface area contributed by atoms with E-state index in [0.29, 0.717) is 5.69 Å². The topological polar surface area (TPSA) is 134 Å². The fourth-order valence-electron chi connectivity index (χ4n) is 3.01. The van der Waals surface area contributed by atoms with Crippen LogP contribution in [-0.4, -0.2) is 26.3 Å². The van der Waals surface area contributed by atoms with Crippen LogP contribution in [0.5, 0.6) is 5.75 Å². The van der Waals surface area contributed by atoms with Crippen LogP contribution in [0.15, 0.2) is 83.0 Å². The zero-order valence-electron chi connectivity index (χ0n) is 15.9. The Labute approximate surface area is 175 Å². The quantitative estimate of drug-likeness (QED) is 0.254. The molecule has 0 saturated heterocycles. The van der Waals surface area contributed by atoms with Crippen molar-refractivity contribution in [1.29, 1.82) is 0 Å². The molecule has 2 N–H and O–H groups in total. The molecule has 0 amide bonds. The summed E-state index contributed by atoms with van der Waals surface area (Å²) in [7, 11) is 0. The number of nitrogens with zero attached hydrogens (tertiary/aromatic N) is 4. The zero-order valence-corrected chi connectivity index (χ0v) is 15.9. The van der Waals surface area contributed by atoms with E-state index in [1.165, 1.54) is 6.29 Å². The number of imidazole rings is 1. The van der Waals surface area contributed by atoms with Gasteiger partial charge in [0.05, 0.1) is 22.4 Å². The second-order valence-electron chi connectivity index (χ2n) is 6.43. The summed E-state index contributed by atoms with van der Waals surface area (Å²) < 4.78 is 0. The van der Waals surface area contributed by atoms with Gasteiger partial charge >= 0.3 is 0 Å². The number of H-pyrrole nitrogens is 1. The monoisotopic (exact) mass is 412 g/mol. The maximum absolute atomic E-state index is 11.0. The fraction of sp³-hybridized carbons (Fsp3) is 0. The number of carbonyl (C=O) groups excluding carboxylic acids is 1. The van der Waals surface area contributed by atoms with Gasteiger partial charge in [0.15, 0.2) is 0 Å². The van der Waals surface area contributed by atoms with Gasteiger partial charge in [-0.2, -0.15) is 0 Å². The maximum atomic E-state index is 11.0. The third kappa shape index (κ3) is 4.06. The average Bonchev–Trinajstić information content (AvgIpc) is 3.23. The SMILES string of the molecule is O=[C]c1cc(N=Nc2nc(-c3ccccc3)c(-c3ccccc3)[nH]2)c(O)cc1[N+](=O)[O-]. The standard InChI is InChI=1S/C22H14N5O4/c28-13-16-11-17(19(29)12-18(16)27(30)31)25-26-22-23-20(14-7-3-1-4-8-14)21(24-22)15-9-5-2-6-10-15/h1-12,29H,(H,23,24). The Morgan fingerprint density at radius 1 is 0.968 bits per heavy atom. The van der Waals surface area contributed by atoms with Crippen LogP contribution in [0.4, 0.5) is 17.3 Å². The number of hydrogen-bond acceptors (Lipinski definition) is 7. The van der Waals surface area contributed by atoms with Crippen LogP contribution in [-0.2, 0) is 4.79 Å². The molecule has 9 heteroatoms. The van der Waals surface area contributed by atoms with Gasteiger partial charge in [-0.25, -0.2) is 4.98 Å². The number of nitro groups is 1. The normalized spacial score (nSPS) is 11.0. The molecule has 4 rings (SSSR count). The third-order valence-electron chi connectivity index (χ3n) is 4.45. The van der Waals surface area contributed by atoms with Gasteiger partial charge in [-0.15, -0.1) is 10.2 Å². The van der Waals surface area contributed by atoms with Crippen molar-refractivity contribution in [3.05, 3.63) is 88.5 Å². The van der Waals surface area contributed by atoms with Gasteiger partial charge in [0, 0.05) is 11.1 Å². The molecule has 0 unspecified atom stereocenters. The molecule has 3 aromatic carbocycles. The average molecular weight is 412 g/mol. The molecule has 1 heterocycles. The van der Waals surface area contributed by atoms with Crippen LogP contribution in [0.2, 0.25) is 0 Å². The van der Waals surface area contributed by atoms with Crippen molar-refractivity contribution in [2.24, 2.45) is 10.2 Å². The summed E-state index contributed by atoms with van der Waals surface area (Å²) in [5.41, 5.74) is 2.13. The number of aromatic amines is 1. The highest BCUT2D eigenvalue weighted by atomic mass is 16.6. The van der Waals surface area contributed by atoms with E-state index >= 15 is 0 Å². The smallest absolute Gasteiger partial charge is 0.284 e. The van der Waals surface area contributed by atoms with Gasteiger partial charge in [-0.1, -0.05) is 60.7 Å². The molecule has 0 aliphatic heterocycles. The molecule has 0 aliphatic carbocycles. The fourth-order valence-corrected chi connectivity index (χ4v) is 3.01. The van der Waals surface area contributed by atoms with Crippen LogP contribution in [0.3, 0.4) is 0 Å². The molecule has 0 bridgehead atoms. The van der Waals surface area contributed by atoms with E-state index in [9.17, 15) is 20.0 Å². The summed E-state index contributed by atoms with van der Waals surface area (Å²) in [6, 6.07) is 21.0. The molecular weight excluding hydrogens is 398 g/mol. The van der Waals surface area contributed by atoms with E-state index in [0.717, 1.165) is 29.0 Å². The van der Waals surface area contributed by atoms with Crippen molar-refractivity contribution in [1.82, 2.24) is 9.97 Å². The summed E-state index contributed by atoms with van der Waals surface area (Å²) in [5.74, 6) is -0.334. The molecule has 1 aromatic heterocycles. The molecule has 0 aliphatic rings. The lowest BCUT2D eigenvalue weighted by Crippen LogP contribution is -1.94. The van der Waals surface area contributed by atoms with Crippen molar-refractivity contribution < 1.29 is 14.8 Å². The predicted octanol–water partition coefficient (Wildman–Crippen LogP) is 5.23. The van der Waals surface area contributed by atoms with Crippen molar-refractivity contribution in [3.63, 3.8) is 0 Å².